The maximum absolute atomic E-state index is 6.64. The van der Waals surface area contributed by atoms with E-state index in [9.17, 15) is 0 Å². The highest BCUT2D eigenvalue weighted by molar-refractivity contribution is 6.14. The monoisotopic (exact) mass is 740 g/mol. The number of para-hydroxylation sites is 4. The Labute approximate surface area is 333 Å². The van der Waals surface area contributed by atoms with Gasteiger partial charge in [-0.05, 0) is 80.2 Å². The molecule has 0 bridgehead atoms. The largest absolute Gasteiger partial charge is 0.455 e. The molecule has 0 fully saturated rings. The van der Waals surface area contributed by atoms with Crippen LogP contribution in [0.25, 0.3) is 122 Å². The Kier molecular flexibility index (Phi) is 7.20. The van der Waals surface area contributed by atoms with Crippen LogP contribution < -0.4 is 0 Å². The Morgan fingerprint density at radius 3 is 1.45 bits per heavy atom. The molecule has 58 heavy (non-hydrogen) atoms. The van der Waals surface area contributed by atoms with Gasteiger partial charge in [-0.2, -0.15) is 0 Å². The summed E-state index contributed by atoms with van der Waals surface area (Å²) >= 11 is 0. The second-order valence-electron chi connectivity index (χ2n) is 14.8. The predicted octanol–water partition coefficient (Wildman–Crippen LogP) is 14.9. The molecular formula is C54H32N2O2. The summed E-state index contributed by atoms with van der Waals surface area (Å²) in [6.45, 7) is 0. The summed E-state index contributed by atoms with van der Waals surface area (Å²) < 4.78 is 13.3. The molecule has 0 unspecified atom stereocenters. The third kappa shape index (κ3) is 5.02. The summed E-state index contributed by atoms with van der Waals surface area (Å²) in [7, 11) is 0. The predicted molar refractivity (Wildman–Crippen MR) is 239 cm³/mol. The molecule has 0 aliphatic rings. The molecule has 0 aliphatic heterocycles. The van der Waals surface area contributed by atoms with Crippen LogP contribution in [0.2, 0.25) is 0 Å². The van der Waals surface area contributed by atoms with E-state index in [0.29, 0.717) is 5.82 Å². The first-order valence-corrected chi connectivity index (χ1v) is 19.6. The van der Waals surface area contributed by atoms with Crippen molar-refractivity contribution in [2.75, 3.05) is 0 Å². The van der Waals surface area contributed by atoms with E-state index < -0.39 is 0 Å². The van der Waals surface area contributed by atoms with Crippen LogP contribution >= 0.6 is 0 Å². The van der Waals surface area contributed by atoms with Gasteiger partial charge in [0, 0.05) is 38.2 Å². The molecule has 3 aromatic heterocycles. The van der Waals surface area contributed by atoms with E-state index in [1.165, 1.54) is 5.39 Å². The summed E-state index contributed by atoms with van der Waals surface area (Å²) in [5.74, 6) is 0.618. The van der Waals surface area contributed by atoms with Crippen molar-refractivity contribution < 1.29 is 8.83 Å². The summed E-state index contributed by atoms with van der Waals surface area (Å²) in [6.07, 6.45) is 0. The normalized spacial score (nSPS) is 11.8. The van der Waals surface area contributed by atoms with Crippen LogP contribution in [0, 0.1) is 0 Å². The SMILES string of the molecule is c1ccc(-c2cc(-c3cccc4ccccc34)c(-c3nc(-c4cccc5c4oc4ccccc45)cc(-c4cccc5c4oc4ccccc45)n3)c3ccccc23)cc1. The Morgan fingerprint density at radius 1 is 0.310 bits per heavy atom. The highest BCUT2D eigenvalue weighted by Gasteiger charge is 2.24. The molecule has 12 aromatic rings. The highest BCUT2D eigenvalue weighted by Crippen LogP contribution is 2.46. The molecular weight excluding hydrogens is 709 g/mol. The number of fused-ring (bicyclic) bond motifs is 8. The zero-order chi connectivity index (χ0) is 38.2. The van der Waals surface area contributed by atoms with E-state index in [1.807, 2.05) is 24.3 Å². The molecule has 12 rings (SSSR count). The topological polar surface area (TPSA) is 52.1 Å². The van der Waals surface area contributed by atoms with Crippen molar-refractivity contribution in [1.82, 2.24) is 9.97 Å². The van der Waals surface area contributed by atoms with E-state index in [-0.39, 0.29) is 0 Å². The van der Waals surface area contributed by atoms with Crippen LogP contribution in [0.3, 0.4) is 0 Å². The van der Waals surface area contributed by atoms with E-state index in [0.717, 1.165) is 110 Å². The molecule has 9 aromatic carbocycles. The third-order valence-electron chi connectivity index (χ3n) is 11.5. The average molecular weight is 741 g/mol. The Morgan fingerprint density at radius 2 is 0.793 bits per heavy atom. The first kappa shape index (κ1) is 32.4. The second-order valence-corrected chi connectivity index (χ2v) is 14.8. The molecule has 0 amide bonds. The van der Waals surface area contributed by atoms with Gasteiger partial charge in [-0.25, -0.2) is 9.97 Å². The van der Waals surface area contributed by atoms with Crippen LogP contribution in [-0.4, -0.2) is 9.97 Å². The highest BCUT2D eigenvalue weighted by atomic mass is 16.3. The first-order valence-electron chi connectivity index (χ1n) is 19.6. The number of benzene rings is 9. The van der Waals surface area contributed by atoms with E-state index in [4.69, 9.17) is 18.8 Å². The van der Waals surface area contributed by atoms with Crippen molar-refractivity contribution in [3.8, 4) is 56.2 Å². The molecule has 4 heteroatoms. The Hall–Kier alpha value is -7.82. The minimum Gasteiger partial charge on any atom is -0.455 e. The molecule has 0 atom stereocenters. The molecule has 0 spiro atoms. The summed E-state index contributed by atoms with van der Waals surface area (Å²) in [4.78, 5) is 11.1. The van der Waals surface area contributed by atoms with Gasteiger partial charge >= 0.3 is 0 Å². The maximum atomic E-state index is 6.64. The lowest BCUT2D eigenvalue weighted by Gasteiger charge is -2.19. The van der Waals surface area contributed by atoms with Crippen molar-refractivity contribution in [1.29, 1.82) is 0 Å². The second kappa shape index (κ2) is 12.9. The first-order chi connectivity index (χ1) is 28.8. The average Bonchev–Trinajstić information content (AvgIpc) is 3.87. The van der Waals surface area contributed by atoms with Crippen molar-refractivity contribution in [3.63, 3.8) is 0 Å². The van der Waals surface area contributed by atoms with Gasteiger partial charge in [0.05, 0.1) is 11.4 Å². The molecule has 270 valence electrons. The van der Waals surface area contributed by atoms with E-state index in [1.54, 1.807) is 0 Å². The minimum absolute atomic E-state index is 0.618. The summed E-state index contributed by atoms with van der Waals surface area (Å²) in [5, 5.41) is 8.76. The number of rotatable bonds is 5. The van der Waals surface area contributed by atoms with Crippen molar-refractivity contribution in [2.24, 2.45) is 0 Å². The summed E-state index contributed by atoms with van der Waals surface area (Å²) in [6, 6.07) is 67.9. The number of hydrogen-bond donors (Lipinski definition) is 0. The fourth-order valence-electron chi connectivity index (χ4n) is 8.88. The third-order valence-corrected chi connectivity index (χ3v) is 11.5. The number of furan rings is 2. The van der Waals surface area contributed by atoms with Crippen LogP contribution in [-0.2, 0) is 0 Å². The van der Waals surface area contributed by atoms with E-state index in [2.05, 4.69) is 170 Å². The molecule has 0 saturated carbocycles. The zero-order valence-corrected chi connectivity index (χ0v) is 31.2. The van der Waals surface area contributed by atoms with Crippen molar-refractivity contribution in [2.45, 2.75) is 0 Å². The molecule has 3 heterocycles. The van der Waals surface area contributed by atoms with Gasteiger partial charge < -0.3 is 8.83 Å². The molecule has 0 radical (unpaired) electrons. The lowest BCUT2D eigenvalue weighted by molar-refractivity contribution is 0.669. The van der Waals surface area contributed by atoms with Crippen molar-refractivity contribution >= 4 is 65.4 Å². The summed E-state index contributed by atoms with van der Waals surface area (Å²) in [5.41, 5.74) is 12.0. The van der Waals surface area contributed by atoms with Gasteiger partial charge in [0.25, 0.3) is 0 Å². The fraction of sp³-hybridized carbons (Fsp3) is 0. The molecule has 0 N–H and O–H groups in total. The smallest absolute Gasteiger partial charge is 0.161 e. The number of nitrogens with zero attached hydrogens (tertiary/aromatic N) is 2. The maximum Gasteiger partial charge on any atom is 0.161 e. The van der Waals surface area contributed by atoms with E-state index >= 15 is 0 Å². The molecule has 4 nitrogen and oxygen atoms in total. The van der Waals surface area contributed by atoms with Gasteiger partial charge in [0.2, 0.25) is 0 Å². The molecule has 0 saturated heterocycles. The van der Waals surface area contributed by atoms with Crippen LogP contribution in [0.1, 0.15) is 0 Å². The van der Waals surface area contributed by atoms with Crippen LogP contribution in [0.4, 0.5) is 0 Å². The van der Waals surface area contributed by atoms with Crippen LogP contribution in [0.15, 0.2) is 203 Å². The fourth-order valence-corrected chi connectivity index (χ4v) is 8.88. The standard InChI is InChI=1S/C54H32N2O2/c1-2-15-34(16-3-1)45-31-46(36-24-12-18-33-17-4-5-19-35(33)36)51(40-23-7-6-20-37(40)45)54-55-47(43-27-13-25-41-38-21-8-10-29-49(38)57-52(41)43)32-48(56-54)44-28-14-26-42-39-22-9-11-30-50(39)58-53(42)44/h1-32H. The molecule has 0 aliphatic carbocycles. The van der Waals surface area contributed by atoms with Crippen molar-refractivity contribution in [3.05, 3.63) is 194 Å². The minimum atomic E-state index is 0.618. The Bertz CT molecular complexity index is 3440. The van der Waals surface area contributed by atoms with Gasteiger partial charge in [-0.3, -0.25) is 0 Å². The number of aromatic nitrogens is 2. The van der Waals surface area contributed by atoms with Gasteiger partial charge in [-0.1, -0.05) is 158 Å². The quantitative estimate of drug-likeness (QED) is 0.176. The Balaban J connectivity index is 1.22. The lowest BCUT2D eigenvalue weighted by atomic mass is 9.86. The van der Waals surface area contributed by atoms with Gasteiger partial charge in [-0.15, -0.1) is 0 Å². The zero-order valence-electron chi connectivity index (χ0n) is 31.2. The van der Waals surface area contributed by atoms with Gasteiger partial charge in [0.15, 0.2) is 5.82 Å². The lowest BCUT2D eigenvalue weighted by Crippen LogP contribution is -2.00. The van der Waals surface area contributed by atoms with Gasteiger partial charge in [0.1, 0.15) is 22.3 Å². The number of hydrogen-bond acceptors (Lipinski definition) is 4. The van der Waals surface area contributed by atoms with Crippen LogP contribution in [0.5, 0.6) is 0 Å².